The quantitative estimate of drug-likeness (QED) is 0.273. The van der Waals surface area contributed by atoms with Gasteiger partial charge < -0.3 is 10.6 Å². The van der Waals surface area contributed by atoms with E-state index in [0.29, 0.717) is 5.92 Å². The van der Waals surface area contributed by atoms with Crippen LogP contribution in [0.3, 0.4) is 0 Å². The van der Waals surface area contributed by atoms with Crippen molar-refractivity contribution in [1.82, 2.24) is 15.6 Å². The Morgan fingerprint density at radius 2 is 1.59 bits per heavy atom. The van der Waals surface area contributed by atoms with Gasteiger partial charge in [-0.3, -0.25) is 9.98 Å². The molecule has 0 aliphatic rings. The Kier molecular flexibility index (Phi) is 10.2. The van der Waals surface area contributed by atoms with Crippen LogP contribution in [0.25, 0.3) is 0 Å². The molecule has 0 amide bonds. The van der Waals surface area contributed by atoms with Gasteiger partial charge in [-0.2, -0.15) is 0 Å². The smallest absolute Gasteiger partial charge is 0.191 e. The van der Waals surface area contributed by atoms with E-state index < -0.39 is 0 Å². The summed E-state index contributed by atoms with van der Waals surface area (Å²) in [5.41, 5.74) is 3.76. The Hall–Kier alpha value is -2.41. The first-order valence-electron chi connectivity index (χ1n) is 9.78. The number of pyridine rings is 1. The summed E-state index contributed by atoms with van der Waals surface area (Å²) in [6.07, 6.45) is 3.69. The van der Waals surface area contributed by atoms with Crippen LogP contribution >= 0.6 is 24.0 Å². The molecule has 0 bridgehead atoms. The number of rotatable bonds is 8. The average molecular weight is 500 g/mol. The van der Waals surface area contributed by atoms with Gasteiger partial charge in [-0.05, 0) is 29.7 Å². The van der Waals surface area contributed by atoms with Crippen LogP contribution in [-0.2, 0) is 12.8 Å². The van der Waals surface area contributed by atoms with E-state index in [4.69, 9.17) is 0 Å². The number of hydrogen-bond acceptors (Lipinski definition) is 2. The van der Waals surface area contributed by atoms with E-state index in [2.05, 4.69) is 81.3 Å². The van der Waals surface area contributed by atoms with E-state index in [1.165, 1.54) is 11.1 Å². The minimum absolute atomic E-state index is 0. The molecular formula is C24H29IN4. The zero-order chi connectivity index (χ0) is 19.4. The molecule has 29 heavy (non-hydrogen) atoms. The van der Waals surface area contributed by atoms with Crippen LogP contribution in [0, 0.1) is 0 Å². The van der Waals surface area contributed by atoms with Crippen LogP contribution in [-0.4, -0.2) is 31.1 Å². The van der Waals surface area contributed by atoms with Gasteiger partial charge in [-0.1, -0.05) is 66.7 Å². The lowest BCUT2D eigenvalue weighted by Crippen LogP contribution is -2.40. The van der Waals surface area contributed by atoms with Crippen LogP contribution in [0.1, 0.15) is 22.7 Å². The van der Waals surface area contributed by atoms with E-state index in [0.717, 1.165) is 37.6 Å². The second-order valence-corrected chi connectivity index (χ2v) is 6.75. The van der Waals surface area contributed by atoms with Crippen molar-refractivity contribution in [3.8, 4) is 0 Å². The monoisotopic (exact) mass is 500 g/mol. The molecule has 5 heteroatoms. The molecule has 2 aromatic carbocycles. The third kappa shape index (κ3) is 7.85. The fourth-order valence-corrected chi connectivity index (χ4v) is 3.23. The number of aromatic nitrogens is 1. The third-order valence-corrected chi connectivity index (χ3v) is 4.74. The summed E-state index contributed by atoms with van der Waals surface area (Å²) in [5, 5.41) is 6.88. The van der Waals surface area contributed by atoms with Crippen LogP contribution in [0.15, 0.2) is 90.1 Å². The van der Waals surface area contributed by atoms with Crippen LogP contribution in [0.4, 0.5) is 0 Å². The number of nitrogens with one attached hydrogen (secondary N) is 2. The first-order chi connectivity index (χ1) is 13.8. The van der Waals surface area contributed by atoms with Crippen molar-refractivity contribution in [2.24, 2.45) is 4.99 Å². The van der Waals surface area contributed by atoms with Gasteiger partial charge in [0, 0.05) is 44.4 Å². The minimum Gasteiger partial charge on any atom is -0.356 e. The molecule has 1 aromatic heterocycles. The maximum atomic E-state index is 4.37. The Morgan fingerprint density at radius 1 is 0.897 bits per heavy atom. The van der Waals surface area contributed by atoms with Crippen LogP contribution in [0.5, 0.6) is 0 Å². The zero-order valence-corrected chi connectivity index (χ0v) is 19.1. The fourth-order valence-electron chi connectivity index (χ4n) is 3.23. The summed E-state index contributed by atoms with van der Waals surface area (Å²) in [6, 6.07) is 27.3. The predicted molar refractivity (Wildman–Crippen MR) is 132 cm³/mol. The molecule has 3 aromatic rings. The molecule has 1 unspecified atom stereocenters. The van der Waals surface area contributed by atoms with Crippen molar-refractivity contribution in [1.29, 1.82) is 0 Å². The topological polar surface area (TPSA) is 49.3 Å². The van der Waals surface area contributed by atoms with Crippen molar-refractivity contribution in [2.45, 2.75) is 18.8 Å². The van der Waals surface area contributed by atoms with Gasteiger partial charge in [0.1, 0.15) is 0 Å². The first kappa shape index (κ1) is 22.9. The molecule has 0 fully saturated rings. The van der Waals surface area contributed by atoms with E-state index in [-0.39, 0.29) is 24.0 Å². The van der Waals surface area contributed by atoms with Crippen molar-refractivity contribution >= 4 is 29.9 Å². The summed E-state index contributed by atoms with van der Waals surface area (Å²) in [5.74, 6) is 1.20. The van der Waals surface area contributed by atoms with E-state index in [1.54, 1.807) is 0 Å². The lowest BCUT2D eigenvalue weighted by Gasteiger charge is -2.20. The van der Waals surface area contributed by atoms with E-state index in [1.807, 2.05) is 31.4 Å². The number of aliphatic imine (C=N–C) groups is 1. The summed E-state index contributed by atoms with van der Waals surface area (Å²) < 4.78 is 0. The molecule has 0 aliphatic carbocycles. The Balaban J connectivity index is 0.00000300. The Bertz CT molecular complexity index is 839. The van der Waals surface area contributed by atoms with Crippen LogP contribution < -0.4 is 10.6 Å². The number of guanidine groups is 1. The van der Waals surface area contributed by atoms with Gasteiger partial charge in [0.2, 0.25) is 0 Å². The van der Waals surface area contributed by atoms with E-state index >= 15 is 0 Å². The maximum Gasteiger partial charge on any atom is 0.191 e. The summed E-state index contributed by atoms with van der Waals surface area (Å²) >= 11 is 0. The fraction of sp³-hybridized carbons (Fsp3) is 0.250. The highest BCUT2D eigenvalue weighted by atomic mass is 127. The molecule has 152 valence electrons. The van der Waals surface area contributed by atoms with Gasteiger partial charge in [-0.15, -0.1) is 24.0 Å². The molecular weight excluding hydrogens is 471 g/mol. The summed E-state index contributed by atoms with van der Waals surface area (Å²) in [6.45, 7) is 1.62. The van der Waals surface area contributed by atoms with Gasteiger partial charge in [0.05, 0.1) is 0 Å². The molecule has 0 saturated heterocycles. The number of hydrogen-bond donors (Lipinski definition) is 2. The van der Waals surface area contributed by atoms with Crippen molar-refractivity contribution in [3.05, 3.63) is 102 Å². The Morgan fingerprint density at radius 3 is 2.24 bits per heavy atom. The highest BCUT2D eigenvalue weighted by Crippen LogP contribution is 2.20. The van der Waals surface area contributed by atoms with Gasteiger partial charge in [-0.25, -0.2) is 0 Å². The van der Waals surface area contributed by atoms with Crippen molar-refractivity contribution < 1.29 is 0 Å². The molecule has 4 nitrogen and oxygen atoms in total. The van der Waals surface area contributed by atoms with Gasteiger partial charge >= 0.3 is 0 Å². The first-order valence-corrected chi connectivity index (χ1v) is 9.78. The number of benzene rings is 2. The minimum atomic E-state index is 0. The predicted octanol–water partition coefficient (Wildman–Crippen LogP) is 4.43. The summed E-state index contributed by atoms with van der Waals surface area (Å²) in [4.78, 5) is 8.73. The second kappa shape index (κ2) is 12.9. The number of halogens is 1. The highest BCUT2D eigenvalue weighted by Gasteiger charge is 2.13. The van der Waals surface area contributed by atoms with Crippen molar-refractivity contribution in [2.75, 3.05) is 20.1 Å². The Labute approximate surface area is 190 Å². The summed E-state index contributed by atoms with van der Waals surface area (Å²) in [7, 11) is 1.81. The average Bonchev–Trinajstić information content (AvgIpc) is 2.77. The van der Waals surface area contributed by atoms with Gasteiger partial charge in [0.15, 0.2) is 5.96 Å². The van der Waals surface area contributed by atoms with E-state index in [9.17, 15) is 0 Å². The SMILES string of the molecule is CN=C(NCCc1ccccn1)NCC(Cc1ccccc1)c1ccccc1.I. The molecule has 1 heterocycles. The highest BCUT2D eigenvalue weighted by molar-refractivity contribution is 14.0. The normalized spacial score (nSPS) is 12.0. The van der Waals surface area contributed by atoms with Crippen molar-refractivity contribution in [3.63, 3.8) is 0 Å². The number of nitrogens with zero attached hydrogens (tertiary/aromatic N) is 2. The third-order valence-electron chi connectivity index (χ3n) is 4.74. The largest absolute Gasteiger partial charge is 0.356 e. The maximum absolute atomic E-state index is 4.37. The molecule has 1 atom stereocenters. The molecule has 0 spiro atoms. The lowest BCUT2D eigenvalue weighted by molar-refractivity contribution is 0.644. The van der Waals surface area contributed by atoms with Gasteiger partial charge in [0.25, 0.3) is 0 Å². The molecule has 3 rings (SSSR count). The molecule has 0 saturated carbocycles. The lowest BCUT2D eigenvalue weighted by atomic mass is 9.92. The van der Waals surface area contributed by atoms with Crippen LogP contribution in [0.2, 0.25) is 0 Å². The zero-order valence-electron chi connectivity index (χ0n) is 16.8. The molecule has 2 N–H and O–H groups in total. The standard InChI is InChI=1S/C24H28N4.HI/c1-25-24(27-17-15-23-14-8-9-16-26-23)28-19-22(21-12-6-3-7-13-21)18-20-10-4-2-5-11-20;/h2-14,16,22H,15,17-19H2,1H3,(H2,25,27,28);1H. The molecule has 0 radical (unpaired) electrons. The molecule has 0 aliphatic heterocycles. The second-order valence-electron chi connectivity index (χ2n) is 6.75.